The molecule has 0 amide bonds. The molecule has 0 aliphatic heterocycles. The van der Waals surface area contributed by atoms with Crippen LogP contribution in [0.2, 0.25) is 0 Å². The number of aromatic amines is 1. The molecule has 0 saturated heterocycles. The van der Waals surface area contributed by atoms with Gasteiger partial charge in [0.05, 0.1) is 18.6 Å². The van der Waals surface area contributed by atoms with Gasteiger partial charge >= 0.3 is 0 Å². The van der Waals surface area contributed by atoms with Crippen molar-refractivity contribution in [2.45, 2.75) is 32.4 Å². The molecule has 2 aromatic rings. The second kappa shape index (κ2) is 4.99. The molecular formula is C12H17N3O. The minimum atomic E-state index is 0.250. The van der Waals surface area contributed by atoms with Gasteiger partial charge in [-0.15, -0.1) is 0 Å². The molecule has 0 radical (unpaired) electrons. The third-order valence-electron chi connectivity index (χ3n) is 2.75. The van der Waals surface area contributed by atoms with Crippen molar-refractivity contribution in [1.29, 1.82) is 0 Å². The van der Waals surface area contributed by atoms with Gasteiger partial charge in [-0.1, -0.05) is 6.92 Å². The topological polar surface area (TPSA) is 53.9 Å². The summed E-state index contributed by atoms with van der Waals surface area (Å²) in [5.74, 6) is 0.984. The van der Waals surface area contributed by atoms with E-state index in [4.69, 9.17) is 4.42 Å². The Balaban J connectivity index is 2.02. The number of H-pyrrole nitrogens is 1. The molecule has 0 saturated carbocycles. The fraction of sp³-hybridized carbons (Fsp3) is 0.417. The minimum Gasteiger partial charge on any atom is -0.472 e. The molecule has 0 fully saturated rings. The number of imidazole rings is 1. The van der Waals surface area contributed by atoms with Crippen LogP contribution in [0, 0.1) is 0 Å². The largest absolute Gasteiger partial charge is 0.472 e. The number of nitrogens with zero attached hydrogens (tertiary/aromatic N) is 1. The molecule has 16 heavy (non-hydrogen) atoms. The van der Waals surface area contributed by atoms with Crippen LogP contribution in [0.25, 0.3) is 0 Å². The molecule has 0 aliphatic carbocycles. The summed E-state index contributed by atoms with van der Waals surface area (Å²) in [5.41, 5.74) is 1.16. The van der Waals surface area contributed by atoms with E-state index >= 15 is 0 Å². The summed E-state index contributed by atoms with van der Waals surface area (Å²) in [6.45, 7) is 4.26. The summed E-state index contributed by atoms with van der Waals surface area (Å²) >= 11 is 0. The molecule has 2 aromatic heterocycles. The number of hydrogen-bond donors (Lipinski definition) is 2. The van der Waals surface area contributed by atoms with Crippen LogP contribution < -0.4 is 5.32 Å². The normalized spacial score (nSPS) is 14.9. The van der Waals surface area contributed by atoms with Gasteiger partial charge in [-0.2, -0.15) is 0 Å². The van der Waals surface area contributed by atoms with Gasteiger partial charge in [0.2, 0.25) is 0 Å². The van der Waals surface area contributed by atoms with Crippen LogP contribution in [-0.2, 0) is 0 Å². The van der Waals surface area contributed by atoms with Gasteiger partial charge in [0.1, 0.15) is 5.82 Å². The van der Waals surface area contributed by atoms with Crippen molar-refractivity contribution < 1.29 is 4.42 Å². The average Bonchev–Trinajstić information content (AvgIpc) is 2.96. The summed E-state index contributed by atoms with van der Waals surface area (Å²) in [7, 11) is 0. The molecular weight excluding hydrogens is 202 g/mol. The monoisotopic (exact) mass is 219 g/mol. The maximum absolute atomic E-state index is 5.08. The van der Waals surface area contributed by atoms with Crippen molar-refractivity contribution in [3.8, 4) is 0 Å². The van der Waals surface area contributed by atoms with E-state index in [1.807, 2.05) is 12.3 Å². The Morgan fingerprint density at radius 1 is 1.56 bits per heavy atom. The maximum atomic E-state index is 5.08. The predicted molar refractivity (Wildman–Crippen MR) is 61.9 cm³/mol. The number of furan rings is 1. The van der Waals surface area contributed by atoms with Gasteiger partial charge in [-0.05, 0) is 19.4 Å². The molecule has 4 nitrogen and oxygen atoms in total. The van der Waals surface area contributed by atoms with E-state index in [9.17, 15) is 0 Å². The van der Waals surface area contributed by atoms with E-state index < -0.39 is 0 Å². The van der Waals surface area contributed by atoms with Crippen LogP contribution >= 0.6 is 0 Å². The van der Waals surface area contributed by atoms with Crippen LogP contribution in [0.4, 0.5) is 0 Å². The number of nitrogens with one attached hydrogen (secondary N) is 2. The minimum absolute atomic E-state index is 0.250. The SMILES string of the molecule is CCC(NC(C)c1ccoc1)c1ncc[nH]1. The van der Waals surface area contributed by atoms with E-state index in [1.165, 1.54) is 0 Å². The van der Waals surface area contributed by atoms with Gasteiger partial charge in [0, 0.05) is 24.0 Å². The van der Waals surface area contributed by atoms with Crippen molar-refractivity contribution in [3.05, 3.63) is 42.4 Å². The molecule has 2 atom stereocenters. The number of aromatic nitrogens is 2. The standard InChI is InChI=1S/C12H17N3O/c1-3-11(12-13-5-6-14-12)15-9(2)10-4-7-16-8-10/h4-9,11,15H,3H2,1-2H3,(H,13,14). The van der Waals surface area contributed by atoms with Crippen molar-refractivity contribution in [2.24, 2.45) is 0 Å². The Bertz CT molecular complexity index is 394. The third kappa shape index (κ3) is 2.33. The van der Waals surface area contributed by atoms with Gasteiger partial charge < -0.3 is 14.7 Å². The van der Waals surface area contributed by atoms with E-state index in [2.05, 4.69) is 29.1 Å². The first-order chi connectivity index (χ1) is 7.81. The zero-order valence-corrected chi connectivity index (χ0v) is 9.60. The molecule has 86 valence electrons. The lowest BCUT2D eigenvalue weighted by molar-refractivity contribution is 0.437. The van der Waals surface area contributed by atoms with Crippen molar-refractivity contribution in [2.75, 3.05) is 0 Å². The lowest BCUT2D eigenvalue weighted by atomic mass is 10.1. The Morgan fingerprint density at radius 3 is 3.00 bits per heavy atom. The Labute approximate surface area is 95.1 Å². The molecule has 0 aromatic carbocycles. The first-order valence-electron chi connectivity index (χ1n) is 5.58. The number of rotatable bonds is 5. The first kappa shape index (κ1) is 11.0. The van der Waals surface area contributed by atoms with Gasteiger partial charge in [-0.3, -0.25) is 0 Å². The van der Waals surface area contributed by atoms with Gasteiger partial charge in [-0.25, -0.2) is 4.98 Å². The summed E-state index contributed by atoms with van der Waals surface area (Å²) < 4.78 is 5.08. The predicted octanol–water partition coefficient (Wildman–Crippen LogP) is 2.80. The highest BCUT2D eigenvalue weighted by molar-refractivity contribution is 5.11. The lowest BCUT2D eigenvalue weighted by Gasteiger charge is -2.19. The van der Waals surface area contributed by atoms with Crippen LogP contribution in [0.1, 0.15) is 43.7 Å². The van der Waals surface area contributed by atoms with Crippen LogP contribution in [0.3, 0.4) is 0 Å². The average molecular weight is 219 g/mol. The Morgan fingerprint density at radius 2 is 2.44 bits per heavy atom. The van der Waals surface area contributed by atoms with E-state index in [0.29, 0.717) is 0 Å². The summed E-state index contributed by atoms with van der Waals surface area (Å²) in [6, 6.07) is 2.49. The van der Waals surface area contributed by atoms with Crippen LogP contribution in [0.5, 0.6) is 0 Å². The fourth-order valence-electron chi connectivity index (χ4n) is 1.78. The Hall–Kier alpha value is -1.55. The molecule has 0 bridgehead atoms. The third-order valence-corrected chi connectivity index (χ3v) is 2.75. The van der Waals surface area contributed by atoms with Gasteiger partial charge in [0.15, 0.2) is 0 Å². The lowest BCUT2D eigenvalue weighted by Crippen LogP contribution is -2.24. The second-order valence-electron chi connectivity index (χ2n) is 3.88. The van der Waals surface area contributed by atoms with Gasteiger partial charge in [0.25, 0.3) is 0 Å². The highest BCUT2D eigenvalue weighted by Crippen LogP contribution is 2.19. The summed E-state index contributed by atoms with van der Waals surface area (Å²) in [4.78, 5) is 7.42. The molecule has 0 spiro atoms. The van der Waals surface area contributed by atoms with Crippen LogP contribution in [0.15, 0.2) is 35.4 Å². The first-order valence-corrected chi connectivity index (χ1v) is 5.58. The molecule has 2 heterocycles. The highest BCUT2D eigenvalue weighted by atomic mass is 16.3. The quantitative estimate of drug-likeness (QED) is 0.813. The molecule has 2 rings (SSSR count). The maximum Gasteiger partial charge on any atom is 0.123 e. The summed E-state index contributed by atoms with van der Waals surface area (Å²) in [6.07, 6.45) is 8.09. The van der Waals surface area contributed by atoms with E-state index in [-0.39, 0.29) is 12.1 Å². The molecule has 2 unspecified atom stereocenters. The van der Waals surface area contributed by atoms with Crippen molar-refractivity contribution in [3.63, 3.8) is 0 Å². The fourth-order valence-corrected chi connectivity index (χ4v) is 1.78. The number of hydrogen-bond acceptors (Lipinski definition) is 3. The van der Waals surface area contributed by atoms with E-state index in [1.54, 1.807) is 18.7 Å². The molecule has 2 N–H and O–H groups in total. The molecule has 4 heteroatoms. The zero-order valence-electron chi connectivity index (χ0n) is 9.60. The summed E-state index contributed by atoms with van der Waals surface area (Å²) in [5, 5.41) is 3.52. The van der Waals surface area contributed by atoms with E-state index in [0.717, 1.165) is 17.8 Å². The molecule has 0 aliphatic rings. The van der Waals surface area contributed by atoms with Crippen molar-refractivity contribution >= 4 is 0 Å². The van der Waals surface area contributed by atoms with Crippen LogP contribution in [-0.4, -0.2) is 9.97 Å². The van der Waals surface area contributed by atoms with Crippen molar-refractivity contribution in [1.82, 2.24) is 15.3 Å². The smallest absolute Gasteiger partial charge is 0.123 e. The Kier molecular flexibility index (Phi) is 3.41. The highest BCUT2D eigenvalue weighted by Gasteiger charge is 2.15. The second-order valence-corrected chi connectivity index (χ2v) is 3.88. The zero-order chi connectivity index (χ0) is 11.4.